The summed E-state index contributed by atoms with van der Waals surface area (Å²) in [6.07, 6.45) is 3.52. The van der Waals surface area contributed by atoms with Gasteiger partial charge in [0.1, 0.15) is 0 Å². The molecule has 1 rings (SSSR count). The second-order valence-corrected chi connectivity index (χ2v) is 4.93. The number of rotatable bonds is 7. The molecule has 18 heavy (non-hydrogen) atoms. The van der Waals surface area contributed by atoms with Gasteiger partial charge in [0.15, 0.2) is 5.82 Å². The van der Waals surface area contributed by atoms with Gasteiger partial charge in [0.05, 0.1) is 18.5 Å². The van der Waals surface area contributed by atoms with E-state index in [4.69, 9.17) is 4.74 Å². The molecule has 1 heterocycles. The zero-order chi connectivity index (χ0) is 13.5. The van der Waals surface area contributed by atoms with Gasteiger partial charge in [0.25, 0.3) is 0 Å². The molecular formula is C13H24N4O. The van der Waals surface area contributed by atoms with Gasteiger partial charge in [-0.05, 0) is 33.4 Å². The van der Waals surface area contributed by atoms with Gasteiger partial charge in [0, 0.05) is 13.6 Å². The maximum absolute atomic E-state index is 5.54. The summed E-state index contributed by atoms with van der Waals surface area (Å²) in [4.78, 5) is 10.7. The molecule has 0 amide bonds. The topological polar surface area (TPSA) is 50.3 Å². The molecule has 5 heteroatoms. The smallest absolute Gasteiger partial charge is 0.234 e. The lowest BCUT2D eigenvalue weighted by molar-refractivity contribution is 0.231. The summed E-state index contributed by atoms with van der Waals surface area (Å²) in [5, 5.41) is 3.17. The maximum Gasteiger partial charge on any atom is 0.234 e. The summed E-state index contributed by atoms with van der Waals surface area (Å²) in [5.41, 5.74) is 0. The number of nitrogens with zero attached hydrogens (tertiary/aromatic N) is 3. The fraction of sp³-hybridized carbons (Fsp3) is 0.692. The van der Waals surface area contributed by atoms with Gasteiger partial charge in [0.2, 0.25) is 5.88 Å². The molecule has 102 valence electrons. The Morgan fingerprint density at radius 3 is 2.67 bits per heavy atom. The van der Waals surface area contributed by atoms with Crippen molar-refractivity contribution < 1.29 is 4.74 Å². The van der Waals surface area contributed by atoms with Crippen molar-refractivity contribution >= 4 is 5.82 Å². The minimum atomic E-state index is 0.114. The van der Waals surface area contributed by atoms with Crippen LogP contribution < -0.4 is 15.0 Å². The van der Waals surface area contributed by atoms with Crippen LogP contribution in [0.3, 0.4) is 0 Å². The molecule has 0 saturated heterocycles. The van der Waals surface area contributed by atoms with E-state index in [9.17, 15) is 0 Å². The van der Waals surface area contributed by atoms with E-state index in [0.717, 1.165) is 18.9 Å². The molecule has 0 bridgehead atoms. The SMILES string of the molecule is CNCC(C)CN(C)c1cncc(OC(C)C)n1. The number of anilines is 1. The first-order valence-corrected chi connectivity index (χ1v) is 6.37. The highest BCUT2D eigenvalue weighted by Gasteiger charge is 2.09. The maximum atomic E-state index is 5.54. The van der Waals surface area contributed by atoms with E-state index in [-0.39, 0.29) is 6.10 Å². The highest BCUT2D eigenvalue weighted by molar-refractivity contribution is 5.36. The molecule has 0 aliphatic heterocycles. The molecule has 1 N–H and O–H groups in total. The number of ether oxygens (including phenoxy) is 1. The van der Waals surface area contributed by atoms with E-state index >= 15 is 0 Å². The largest absolute Gasteiger partial charge is 0.474 e. The molecule has 0 radical (unpaired) electrons. The van der Waals surface area contributed by atoms with Crippen molar-refractivity contribution in [3.63, 3.8) is 0 Å². The highest BCUT2D eigenvalue weighted by Crippen LogP contribution is 2.14. The van der Waals surface area contributed by atoms with Crippen molar-refractivity contribution in [1.29, 1.82) is 0 Å². The van der Waals surface area contributed by atoms with Crippen LogP contribution in [0.2, 0.25) is 0 Å². The second kappa shape index (κ2) is 7.16. The first-order valence-electron chi connectivity index (χ1n) is 6.37. The summed E-state index contributed by atoms with van der Waals surface area (Å²) >= 11 is 0. The fourth-order valence-electron chi connectivity index (χ4n) is 1.79. The monoisotopic (exact) mass is 252 g/mol. The molecule has 1 aromatic rings. The van der Waals surface area contributed by atoms with Crippen LogP contribution in [0.25, 0.3) is 0 Å². The van der Waals surface area contributed by atoms with Crippen LogP contribution >= 0.6 is 0 Å². The number of nitrogens with one attached hydrogen (secondary N) is 1. The van der Waals surface area contributed by atoms with Crippen molar-refractivity contribution in [3.8, 4) is 5.88 Å². The molecule has 0 fully saturated rings. The zero-order valence-corrected chi connectivity index (χ0v) is 12.0. The third-order valence-corrected chi connectivity index (χ3v) is 2.49. The lowest BCUT2D eigenvalue weighted by atomic mass is 10.2. The minimum absolute atomic E-state index is 0.114. The summed E-state index contributed by atoms with van der Waals surface area (Å²) in [6, 6.07) is 0. The van der Waals surface area contributed by atoms with Crippen LogP contribution in [0.1, 0.15) is 20.8 Å². The average Bonchev–Trinajstić information content (AvgIpc) is 2.28. The molecule has 0 aliphatic carbocycles. The lowest BCUT2D eigenvalue weighted by Gasteiger charge is -2.22. The van der Waals surface area contributed by atoms with Crippen LogP contribution in [-0.2, 0) is 0 Å². The van der Waals surface area contributed by atoms with Gasteiger partial charge < -0.3 is 15.0 Å². The van der Waals surface area contributed by atoms with Gasteiger partial charge >= 0.3 is 0 Å². The summed E-state index contributed by atoms with van der Waals surface area (Å²) in [7, 11) is 3.99. The standard InChI is InChI=1S/C13H24N4O/c1-10(2)18-13-8-15-7-12(16-13)17(5)9-11(3)6-14-4/h7-8,10-11,14H,6,9H2,1-5H3. The molecule has 0 aromatic carbocycles. The van der Waals surface area contributed by atoms with Gasteiger partial charge in [-0.25, -0.2) is 0 Å². The van der Waals surface area contributed by atoms with Crippen LogP contribution in [0.5, 0.6) is 5.88 Å². The molecule has 5 nitrogen and oxygen atoms in total. The minimum Gasteiger partial charge on any atom is -0.474 e. The van der Waals surface area contributed by atoms with Crippen molar-refractivity contribution in [3.05, 3.63) is 12.4 Å². The third kappa shape index (κ3) is 4.87. The number of hydrogen-bond acceptors (Lipinski definition) is 5. The predicted octanol–water partition coefficient (Wildman–Crippen LogP) is 1.56. The lowest BCUT2D eigenvalue weighted by Crippen LogP contribution is -2.30. The molecule has 0 spiro atoms. The van der Waals surface area contributed by atoms with Crippen molar-refractivity contribution in [2.24, 2.45) is 5.92 Å². The van der Waals surface area contributed by atoms with E-state index < -0.39 is 0 Å². The Labute approximate surface area is 110 Å². The van der Waals surface area contributed by atoms with E-state index in [1.807, 2.05) is 27.9 Å². The predicted molar refractivity (Wildman–Crippen MR) is 74.2 cm³/mol. The van der Waals surface area contributed by atoms with E-state index in [1.165, 1.54) is 0 Å². The van der Waals surface area contributed by atoms with E-state index in [2.05, 4.69) is 27.1 Å². The Bertz CT molecular complexity index is 357. The number of hydrogen-bond donors (Lipinski definition) is 1. The van der Waals surface area contributed by atoms with E-state index in [1.54, 1.807) is 12.4 Å². The van der Waals surface area contributed by atoms with Gasteiger partial charge in [-0.15, -0.1) is 0 Å². The Kier molecular flexibility index (Phi) is 5.85. The molecule has 1 unspecified atom stereocenters. The molecule has 0 aliphatic rings. The van der Waals surface area contributed by atoms with Crippen LogP contribution in [0.15, 0.2) is 12.4 Å². The number of aromatic nitrogens is 2. The van der Waals surface area contributed by atoms with Crippen LogP contribution in [0, 0.1) is 5.92 Å². The summed E-state index contributed by atoms with van der Waals surface area (Å²) in [6.45, 7) is 8.08. The Morgan fingerprint density at radius 1 is 1.33 bits per heavy atom. The van der Waals surface area contributed by atoms with Crippen LogP contribution in [0.4, 0.5) is 5.82 Å². The first-order chi connectivity index (χ1) is 8.52. The normalized spacial score (nSPS) is 12.6. The Balaban J connectivity index is 2.64. The zero-order valence-electron chi connectivity index (χ0n) is 12.0. The van der Waals surface area contributed by atoms with Crippen molar-refractivity contribution in [1.82, 2.24) is 15.3 Å². The third-order valence-electron chi connectivity index (χ3n) is 2.49. The Hall–Kier alpha value is -1.36. The molecule has 1 aromatic heterocycles. The molecule has 1 atom stereocenters. The fourth-order valence-corrected chi connectivity index (χ4v) is 1.79. The quantitative estimate of drug-likeness (QED) is 0.798. The van der Waals surface area contributed by atoms with Gasteiger partial charge in [-0.1, -0.05) is 6.92 Å². The van der Waals surface area contributed by atoms with Gasteiger partial charge in [-0.2, -0.15) is 4.98 Å². The molecule has 0 saturated carbocycles. The molecular weight excluding hydrogens is 228 g/mol. The summed E-state index contributed by atoms with van der Waals surface area (Å²) < 4.78 is 5.54. The second-order valence-electron chi connectivity index (χ2n) is 4.93. The van der Waals surface area contributed by atoms with Crippen LogP contribution in [-0.4, -0.2) is 43.3 Å². The first kappa shape index (κ1) is 14.7. The van der Waals surface area contributed by atoms with E-state index in [0.29, 0.717) is 11.8 Å². The average molecular weight is 252 g/mol. The van der Waals surface area contributed by atoms with Gasteiger partial charge in [-0.3, -0.25) is 4.98 Å². The Morgan fingerprint density at radius 2 is 2.06 bits per heavy atom. The highest BCUT2D eigenvalue weighted by atomic mass is 16.5. The van der Waals surface area contributed by atoms with Crippen molar-refractivity contribution in [2.45, 2.75) is 26.9 Å². The summed E-state index contributed by atoms with van der Waals surface area (Å²) in [5.74, 6) is 1.98. The van der Waals surface area contributed by atoms with Crippen molar-refractivity contribution in [2.75, 3.05) is 32.1 Å².